The molecule has 0 fully saturated rings. The maximum Gasteiger partial charge on any atom is 0.0464 e. The van der Waals surface area contributed by atoms with Crippen molar-refractivity contribution in [2.24, 2.45) is 0 Å². The zero-order valence-corrected chi connectivity index (χ0v) is 14.9. The average Bonchev–Trinajstić information content (AvgIpc) is 2.91. The predicted octanol–water partition coefficient (Wildman–Crippen LogP) is 6.36. The van der Waals surface area contributed by atoms with Crippen LogP contribution in [0.3, 0.4) is 0 Å². The van der Waals surface area contributed by atoms with Crippen molar-refractivity contribution in [3.05, 3.63) is 55.6 Å². The first kappa shape index (κ1) is 16.0. The molecule has 20 heavy (non-hydrogen) atoms. The quantitative estimate of drug-likeness (QED) is 0.622. The molecule has 0 saturated heterocycles. The molecule has 0 bridgehead atoms. The highest BCUT2D eigenvalue weighted by Gasteiger charge is 2.17. The molecule has 0 spiro atoms. The van der Waals surface area contributed by atoms with Crippen molar-refractivity contribution in [3.63, 3.8) is 0 Å². The maximum atomic E-state index is 6.34. The molecule has 0 radical (unpaired) electrons. The molecule has 108 valence electrons. The van der Waals surface area contributed by atoms with Gasteiger partial charge in [0.1, 0.15) is 0 Å². The minimum absolute atomic E-state index is 0.231. The Kier molecular flexibility index (Phi) is 6.09. The van der Waals surface area contributed by atoms with E-state index in [0.717, 1.165) is 27.9 Å². The number of nitrogens with one attached hydrogen (secondary N) is 1. The van der Waals surface area contributed by atoms with Crippen LogP contribution >= 0.6 is 38.9 Å². The number of thiophene rings is 1. The van der Waals surface area contributed by atoms with Crippen LogP contribution in [0.2, 0.25) is 5.02 Å². The Morgan fingerprint density at radius 2 is 2.15 bits per heavy atom. The lowest BCUT2D eigenvalue weighted by atomic mass is 10.0. The zero-order chi connectivity index (χ0) is 14.5. The van der Waals surface area contributed by atoms with E-state index in [9.17, 15) is 0 Å². The van der Waals surface area contributed by atoms with Gasteiger partial charge < -0.3 is 5.32 Å². The van der Waals surface area contributed by atoms with Gasteiger partial charge in [-0.2, -0.15) is 0 Å². The van der Waals surface area contributed by atoms with Crippen molar-refractivity contribution in [2.75, 3.05) is 0 Å². The van der Waals surface area contributed by atoms with E-state index in [1.807, 2.05) is 23.5 Å². The van der Waals surface area contributed by atoms with Crippen LogP contribution in [0, 0.1) is 0 Å². The molecule has 0 saturated carbocycles. The van der Waals surface area contributed by atoms with Crippen LogP contribution in [0.4, 0.5) is 0 Å². The van der Waals surface area contributed by atoms with E-state index in [1.54, 1.807) is 0 Å². The highest BCUT2D eigenvalue weighted by molar-refractivity contribution is 9.10. The van der Waals surface area contributed by atoms with Crippen LogP contribution in [-0.2, 0) is 0 Å². The summed E-state index contributed by atoms with van der Waals surface area (Å²) in [6, 6.07) is 11.0. The van der Waals surface area contributed by atoms with Crippen LogP contribution < -0.4 is 5.32 Å². The SMILES string of the molecule is CCCC(NC(C)c1ccc(Br)cc1Cl)c1cccs1. The van der Waals surface area contributed by atoms with E-state index < -0.39 is 0 Å². The summed E-state index contributed by atoms with van der Waals surface area (Å²) >= 11 is 11.6. The van der Waals surface area contributed by atoms with Gasteiger partial charge in [0, 0.05) is 26.5 Å². The van der Waals surface area contributed by atoms with Crippen molar-refractivity contribution in [1.82, 2.24) is 5.32 Å². The van der Waals surface area contributed by atoms with Gasteiger partial charge in [-0.25, -0.2) is 0 Å². The third-order valence-corrected chi connectivity index (χ3v) is 5.15. The third kappa shape index (κ3) is 4.08. The number of benzene rings is 1. The second-order valence-corrected chi connectivity index (χ2v) is 7.21. The van der Waals surface area contributed by atoms with Crippen molar-refractivity contribution < 1.29 is 0 Å². The minimum atomic E-state index is 0.231. The molecule has 1 aromatic carbocycles. The fourth-order valence-electron chi connectivity index (χ4n) is 2.33. The van der Waals surface area contributed by atoms with E-state index in [4.69, 9.17) is 11.6 Å². The molecule has 0 aliphatic heterocycles. The van der Waals surface area contributed by atoms with E-state index in [1.165, 1.54) is 4.88 Å². The van der Waals surface area contributed by atoms with Crippen molar-refractivity contribution in [3.8, 4) is 0 Å². The molecule has 4 heteroatoms. The molecular weight excluding hydrogens is 354 g/mol. The van der Waals surface area contributed by atoms with Gasteiger partial charge in [-0.05, 0) is 42.5 Å². The summed E-state index contributed by atoms with van der Waals surface area (Å²) in [5.41, 5.74) is 1.15. The van der Waals surface area contributed by atoms with Gasteiger partial charge in [-0.15, -0.1) is 11.3 Å². The molecule has 0 amide bonds. The summed E-state index contributed by atoms with van der Waals surface area (Å²) in [7, 11) is 0. The Hall–Kier alpha value is -0.350. The molecule has 2 atom stereocenters. The molecule has 2 rings (SSSR count). The smallest absolute Gasteiger partial charge is 0.0464 e. The van der Waals surface area contributed by atoms with Gasteiger partial charge in [0.15, 0.2) is 0 Å². The molecule has 1 nitrogen and oxygen atoms in total. The summed E-state index contributed by atoms with van der Waals surface area (Å²) in [5.74, 6) is 0. The van der Waals surface area contributed by atoms with Gasteiger partial charge in [-0.1, -0.05) is 53.0 Å². The topological polar surface area (TPSA) is 12.0 Å². The fraction of sp³-hybridized carbons (Fsp3) is 0.375. The summed E-state index contributed by atoms with van der Waals surface area (Å²) in [6.45, 7) is 4.39. The van der Waals surface area contributed by atoms with E-state index in [0.29, 0.717) is 6.04 Å². The second-order valence-electron chi connectivity index (χ2n) is 4.91. The Morgan fingerprint density at radius 3 is 2.75 bits per heavy atom. The van der Waals surface area contributed by atoms with Crippen LogP contribution in [0.1, 0.15) is 49.2 Å². The van der Waals surface area contributed by atoms with Crippen LogP contribution in [0.15, 0.2) is 40.2 Å². The zero-order valence-electron chi connectivity index (χ0n) is 11.7. The van der Waals surface area contributed by atoms with Gasteiger partial charge in [0.05, 0.1) is 0 Å². The first-order valence-electron chi connectivity index (χ1n) is 6.86. The van der Waals surface area contributed by atoms with E-state index >= 15 is 0 Å². The van der Waals surface area contributed by atoms with Crippen LogP contribution in [0.5, 0.6) is 0 Å². The first-order valence-corrected chi connectivity index (χ1v) is 8.91. The lowest BCUT2D eigenvalue weighted by Crippen LogP contribution is -2.24. The standard InChI is InChI=1S/C16H19BrClNS/c1-3-5-15(16-6-4-9-20-16)19-11(2)13-8-7-12(17)10-14(13)18/h4,6-11,15,19H,3,5H2,1-2H3. The normalized spacial score (nSPS) is 14.2. The Morgan fingerprint density at radius 1 is 1.35 bits per heavy atom. The number of hydrogen-bond acceptors (Lipinski definition) is 2. The Balaban J connectivity index is 2.13. The van der Waals surface area contributed by atoms with Crippen molar-refractivity contribution in [1.29, 1.82) is 0 Å². The van der Waals surface area contributed by atoms with Gasteiger partial charge >= 0.3 is 0 Å². The fourth-order valence-corrected chi connectivity index (χ4v) is 3.99. The third-order valence-electron chi connectivity index (χ3n) is 3.34. The Bertz CT molecular complexity index is 541. The van der Waals surface area contributed by atoms with E-state index in [2.05, 4.69) is 58.7 Å². The monoisotopic (exact) mass is 371 g/mol. The predicted molar refractivity (Wildman–Crippen MR) is 92.7 cm³/mol. The van der Waals surface area contributed by atoms with Crippen LogP contribution in [-0.4, -0.2) is 0 Å². The maximum absolute atomic E-state index is 6.34. The molecule has 0 aliphatic carbocycles. The lowest BCUT2D eigenvalue weighted by molar-refractivity contribution is 0.445. The minimum Gasteiger partial charge on any atom is -0.303 e. The second kappa shape index (κ2) is 7.60. The highest BCUT2D eigenvalue weighted by atomic mass is 79.9. The van der Waals surface area contributed by atoms with E-state index in [-0.39, 0.29) is 6.04 Å². The molecule has 1 aromatic heterocycles. The molecule has 1 heterocycles. The van der Waals surface area contributed by atoms with Crippen molar-refractivity contribution in [2.45, 2.75) is 38.8 Å². The number of halogens is 2. The first-order chi connectivity index (χ1) is 9.61. The molecule has 2 aromatic rings. The highest BCUT2D eigenvalue weighted by Crippen LogP contribution is 2.30. The molecule has 0 aliphatic rings. The average molecular weight is 373 g/mol. The van der Waals surface area contributed by atoms with Crippen molar-refractivity contribution >= 4 is 38.9 Å². The number of hydrogen-bond donors (Lipinski definition) is 1. The van der Waals surface area contributed by atoms with Crippen LogP contribution in [0.25, 0.3) is 0 Å². The molecule has 1 N–H and O–H groups in total. The summed E-state index contributed by atoms with van der Waals surface area (Å²) in [4.78, 5) is 1.40. The van der Waals surface area contributed by atoms with Gasteiger partial charge in [0.25, 0.3) is 0 Å². The summed E-state index contributed by atoms with van der Waals surface area (Å²) < 4.78 is 1.02. The van der Waals surface area contributed by atoms with Gasteiger partial charge in [0.2, 0.25) is 0 Å². The number of rotatable bonds is 6. The molecular formula is C16H19BrClNS. The summed E-state index contributed by atoms with van der Waals surface area (Å²) in [6.07, 6.45) is 2.30. The van der Waals surface area contributed by atoms with Gasteiger partial charge in [-0.3, -0.25) is 0 Å². The Labute approximate surface area is 138 Å². The lowest BCUT2D eigenvalue weighted by Gasteiger charge is -2.23. The summed E-state index contributed by atoms with van der Waals surface area (Å²) in [5, 5.41) is 6.65. The molecule has 2 unspecified atom stereocenters. The largest absolute Gasteiger partial charge is 0.303 e.